The van der Waals surface area contributed by atoms with Crippen molar-refractivity contribution in [2.24, 2.45) is 0 Å². The maximum absolute atomic E-state index is 14.9. The number of halogens is 2. The average molecular weight is 379 g/mol. The maximum Gasteiger partial charge on any atom is 0.166 e. The van der Waals surface area contributed by atoms with E-state index in [1.54, 1.807) is 0 Å². The molecule has 0 aromatic heterocycles. The zero-order valence-corrected chi connectivity index (χ0v) is 16.8. The molecule has 0 aliphatic rings. The van der Waals surface area contributed by atoms with Gasteiger partial charge < -0.3 is 0 Å². The molecule has 0 aliphatic heterocycles. The van der Waals surface area contributed by atoms with E-state index in [9.17, 15) is 8.78 Å². The van der Waals surface area contributed by atoms with Crippen molar-refractivity contribution in [3.8, 4) is 22.3 Å². The smallest absolute Gasteiger partial charge is 0.166 e. The van der Waals surface area contributed by atoms with Crippen LogP contribution in [0.15, 0.2) is 60.7 Å². The topological polar surface area (TPSA) is 0 Å². The second-order valence-electron chi connectivity index (χ2n) is 7.34. The van der Waals surface area contributed by atoms with Gasteiger partial charge in [-0.3, -0.25) is 0 Å². The maximum atomic E-state index is 14.9. The number of aryl methyl sites for hydroxylation is 1. The molecule has 0 bridgehead atoms. The molecule has 0 N–H and O–H groups in total. The number of unbranched alkanes of at least 4 members (excludes halogenated alkanes) is 2. The van der Waals surface area contributed by atoms with E-state index in [1.165, 1.54) is 0 Å². The molecule has 0 aliphatic carbocycles. The second kappa shape index (κ2) is 9.64. The molecule has 0 atom stereocenters. The number of hydrogen-bond acceptors (Lipinski definition) is 0. The molecule has 146 valence electrons. The van der Waals surface area contributed by atoms with Crippen molar-refractivity contribution in [1.82, 2.24) is 0 Å². The van der Waals surface area contributed by atoms with Gasteiger partial charge in [-0.25, -0.2) is 8.78 Å². The third-order valence-corrected chi connectivity index (χ3v) is 5.25. The van der Waals surface area contributed by atoms with Crippen LogP contribution >= 0.6 is 0 Å². The molecule has 3 aromatic carbocycles. The van der Waals surface area contributed by atoms with Crippen LogP contribution in [0, 0.1) is 11.6 Å². The minimum absolute atomic E-state index is 0.364. The fourth-order valence-electron chi connectivity index (χ4n) is 3.71. The van der Waals surface area contributed by atoms with E-state index >= 15 is 0 Å². The molecule has 0 saturated carbocycles. The first kappa shape index (κ1) is 20.3. The van der Waals surface area contributed by atoms with Crippen LogP contribution in [0.3, 0.4) is 0 Å². The summed E-state index contributed by atoms with van der Waals surface area (Å²) in [5, 5.41) is 0. The molecular formula is C26H28F2. The van der Waals surface area contributed by atoms with Crippen molar-refractivity contribution in [3.05, 3.63) is 83.4 Å². The van der Waals surface area contributed by atoms with Crippen molar-refractivity contribution < 1.29 is 8.78 Å². The second-order valence-corrected chi connectivity index (χ2v) is 7.34. The molecule has 3 aromatic rings. The van der Waals surface area contributed by atoms with Gasteiger partial charge in [0.2, 0.25) is 0 Å². The van der Waals surface area contributed by atoms with E-state index in [0.717, 1.165) is 54.4 Å². The summed E-state index contributed by atoms with van der Waals surface area (Å²) in [5.74, 6) is -1.40. The van der Waals surface area contributed by atoms with E-state index < -0.39 is 11.6 Å². The van der Waals surface area contributed by atoms with Crippen molar-refractivity contribution in [2.75, 3.05) is 0 Å². The summed E-state index contributed by atoms with van der Waals surface area (Å²) in [5.41, 5.74) is 4.77. The van der Waals surface area contributed by atoms with Crippen LogP contribution in [0.1, 0.15) is 50.7 Å². The summed E-state index contributed by atoms with van der Waals surface area (Å²) in [6, 6.07) is 19.6. The molecule has 28 heavy (non-hydrogen) atoms. The molecule has 0 amide bonds. The summed E-state index contributed by atoms with van der Waals surface area (Å²) in [6.45, 7) is 4.15. The highest BCUT2D eigenvalue weighted by Gasteiger charge is 2.18. The first-order valence-corrected chi connectivity index (χ1v) is 10.3. The van der Waals surface area contributed by atoms with Crippen molar-refractivity contribution in [3.63, 3.8) is 0 Å². The third-order valence-electron chi connectivity index (χ3n) is 5.25. The van der Waals surface area contributed by atoms with Gasteiger partial charge in [0, 0.05) is 5.56 Å². The van der Waals surface area contributed by atoms with Crippen LogP contribution in [-0.2, 0) is 12.8 Å². The van der Waals surface area contributed by atoms with Gasteiger partial charge in [-0.2, -0.15) is 0 Å². The first-order chi connectivity index (χ1) is 13.7. The van der Waals surface area contributed by atoms with Crippen LogP contribution in [-0.4, -0.2) is 0 Å². The Labute approximate surface area is 167 Å². The van der Waals surface area contributed by atoms with Gasteiger partial charge >= 0.3 is 0 Å². The van der Waals surface area contributed by atoms with Gasteiger partial charge in [0.05, 0.1) is 0 Å². The summed E-state index contributed by atoms with van der Waals surface area (Å²) in [6.07, 6.45) is 5.41. The lowest BCUT2D eigenvalue weighted by Crippen LogP contribution is -2.04. The highest BCUT2D eigenvalue weighted by Crippen LogP contribution is 2.32. The standard InChI is InChI=1S/C26H28F2/c1-3-5-7-13-22-18-24(26(28)25(27)23(22)10-4-2)21-16-14-20(15-17-21)19-11-8-6-9-12-19/h6,8-9,11-12,14-18H,3-5,7,10,13H2,1-2H3. The van der Waals surface area contributed by atoms with Gasteiger partial charge in [-0.15, -0.1) is 0 Å². The fraction of sp³-hybridized carbons (Fsp3) is 0.308. The summed E-state index contributed by atoms with van der Waals surface area (Å²) in [7, 11) is 0. The zero-order valence-electron chi connectivity index (χ0n) is 16.8. The lowest BCUT2D eigenvalue weighted by atomic mass is 9.92. The third kappa shape index (κ3) is 4.49. The van der Waals surface area contributed by atoms with E-state index in [1.807, 2.05) is 67.6 Å². The van der Waals surface area contributed by atoms with Crippen LogP contribution < -0.4 is 0 Å². The molecule has 0 unspecified atom stereocenters. The minimum Gasteiger partial charge on any atom is -0.203 e. The largest absolute Gasteiger partial charge is 0.203 e. The number of benzene rings is 3. The van der Waals surface area contributed by atoms with Gasteiger partial charge in [0.15, 0.2) is 11.6 Å². The summed E-state index contributed by atoms with van der Waals surface area (Å²) in [4.78, 5) is 0. The highest BCUT2D eigenvalue weighted by molar-refractivity contribution is 5.71. The quantitative estimate of drug-likeness (QED) is 0.348. The molecule has 0 saturated heterocycles. The molecule has 0 heterocycles. The molecule has 0 fully saturated rings. The van der Waals surface area contributed by atoms with Gasteiger partial charge in [0.1, 0.15) is 0 Å². The van der Waals surface area contributed by atoms with E-state index in [-0.39, 0.29) is 0 Å². The molecule has 3 rings (SSSR count). The fourth-order valence-corrected chi connectivity index (χ4v) is 3.71. The zero-order chi connectivity index (χ0) is 19.9. The molecule has 0 spiro atoms. The Bertz CT molecular complexity index is 896. The van der Waals surface area contributed by atoms with Crippen LogP contribution in [0.2, 0.25) is 0 Å². The predicted molar refractivity (Wildman–Crippen MR) is 114 cm³/mol. The number of hydrogen-bond donors (Lipinski definition) is 0. The predicted octanol–water partition coefficient (Wildman–Crippen LogP) is 7.98. The van der Waals surface area contributed by atoms with Gasteiger partial charge in [-0.05, 0) is 53.1 Å². The van der Waals surface area contributed by atoms with E-state index in [2.05, 4.69) is 6.92 Å². The number of rotatable bonds is 8. The Kier molecular flexibility index (Phi) is 6.97. The monoisotopic (exact) mass is 378 g/mol. The van der Waals surface area contributed by atoms with Crippen LogP contribution in [0.4, 0.5) is 8.78 Å². The Morgan fingerprint density at radius 1 is 0.643 bits per heavy atom. The van der Waals surface area contributed by atoms with Crippen LogP contribution in [0.5, 0.6) is 0 Å². The van der Waals surface area contributed by atoms with Crippen LogP contribution in [0.25, 0.3) is 22.3 Å². The molecular weight excluding hydrogens is 350 g/mol. The van der Waals surface area contributed by atoms with Gasteiger partial charge in [0.25, 0.3) is 0 Å². The van der Waals surface area contributed by atoms with Gasteiger partial charge in [-0.1, -0.05) is 87.7 Å². The molecule has 0 radical (unpaired) electrons. The normalized spacial score (nSPS) is 11.0. The Hall–Kier alpha value is -2.48. The Balaban J connectivity index is 1.98. The highest BCUT2D eigenvalue weighted by atomic mass is 19.2. The van der Waals surface area contributed by atoms with E-state index in [0.29, 0.717) is 17.5 Å². The Morgan fingerprint density at radius 3 is 1.93 bits per heavy atom. The lowest BCUT2D eigenvalue weighted by molar-refractivity contribution is 0.497. The Morgan fingerprint density at radius 2 is 1.29 bits per heavy atom. The van der Waals surface area contributed by atoms with Crippen molar-refractivity contribution in [2.45, 2.75) is 52.4 Å². The van der Waals surface area contributed by atoms with Crippen molar-refractivity contribution in [1.29, 1.82) is 0 Å². The average Bonchev–Trinajstić information content (AvgIpc) is 2.74. The lowest BCUT2D eigenvalue weighted by Gasteiger charge is -2.15. The SMILES string of the molecule is CCCCCc1cc(-c2ccc(-c3ccccc3)cc2)c(F)c(F)c1CCC. The summed E-state index contributed by atoms with van der Waals surface area (Å²) >= 11 is 0. The minimum atomic E-state index is -0.727. The molecule has 2 heteroatoms. The molecule has 0 nitrogen and oxygen atoms in total. The van der Waals surface area contributed by atoms with E-state index in [4.69, 9.17) is 0 Å². The summed E-state index contributed by atoms with van der Waals surface area (Å²) < 4.78 is 29.8. The van der Waals surface area contributed by atoms with Crippen molar-refractivity contribution >= 4 is 0 Å². The first-order valence-electron chi connectivity index (χ1n) is 10.3.